The quantitative estimate of drug-likeness (QED) is 0.162. The van der Waals surface area contributed by atoms with Crippen molar-refractivity contribution >= 4 is 29.6 Å². The maximum absolute atomic E-state index is 14.4. The Bertz CT molecular complexity index is 1430. The lowest BCUT2D eigenvalue weighted by Gasteiger charge is -2.42. The molecule has 1 saturated heterocycles. The Morgan fingerprint density at radius 1 is 0.911 bits per heavy atom. The van der Waals surface area contributed by atoms with Crippen LogP contribution in [0.5, 0.6) is 0 Å². The maximum Gasteiger partial charge on any atom is 0.326 e. The molecule has 2 rings (SSSR count). The SMILES string of the molecule is CC[C@H](C)[C@@H]([C@@H](CC(=O)N1CCC[C@H]1[C@H](OC)[C@@H](C)C(=O)N[C@@H](Cc1ccccc1)C(=O)O)OC)N(C)C(=O)[C@@H](NC(=O)[C@H](C(C)C)N(C)C(C)(C)C)C(C)C. The minimum Gasteiger partial charge on any atom is -0.480 e. The van der Waals surface area contributed by atoms with E-state index < -0.39 is 60.2 Å². The van der Waals surface area contributed by atoms with Gasteiger partial charge in [-0.25, -0.2) is 4.79 Å². The summed E-state index contributed by atoms with van der Waals surface area (Å²) in [7, 11) is 6.70. The summed E-state index contributed by atoms with van der Waals surface area (Å²) >= 11 is 0. The summed E-state index contributed by atoms with van der Waals surface area (Å²) in [5.41, 5.74) is 0.515. The van der Waals surface area contributed by atoms with Crippen molar-refractivity contribution < 1.29 is 38.6 Å². The van der Waals surface area contributed by atoms with Crippen LogP contribution in [0.3, 0.4) is 0 Å². The van der Waals surface area contributed by atoms with Crippen LogP contribution in [0.2, 0.25) is 0 Å². The first-order chi connectivity index (χ1) is 26.1. The lowest BCUT2D eigenvalue weighted by Crippen LogP contribution is -2.61. The number of likely N-dealkylation sites (tertiary alicyclic amines) is 1. The first kappa shape index (κ1) is 48.6. The Balaban J connectivity index is 2.30. The highest BCUT2D eigenvalue weighted by Gasteiger charge is 2.44. The van der Waals surface area contributed by atoms with Gasteiger partial charge in [-0.1, -0.05) is 85.2 Å². The zero-order chi connectivity index (χ0) is 42.7. The van der Waals surface area contributed by atoms with Crippen LogP contribution in [0.15, 0.2) is 30.3 Å². The van der Waals surface area contributed by atoms with Crippen LogP contribution in [-0.2, 0) is 39.9 Å². The van der Waals surface area contributed by atoms with Gasteiger partial charge in [0.05, 0.1) is 42.7 Å². The van der Waals surface area contributed by atoms with E-state index in [9.17, 15) is 29.1 Å². The Hall–Kier alpha value is -3.55. The molecule has 13 nitrogen and oxygen atoms in total. The summed E-state index contributed by atoms with van der Waals surface area (Å²) in [6.07, 6.45) is 0.792. The molecule has 0 radical (unpaired) electrons. The molecule has 1 aromatic carbocycles. The third-order valence-electron chi connectivity index (χ3n) is 11.8. The van der Waals surface area contributed by atoms with E-state index in [-0.39, 0.29) is 53.9 Å². The van der Waals surface area contributed by atoms with E-state index in [0.717, 1.165) is 5.56 Å². The number of ether oxygens (including phenoxy) is 2. The molecule has 0 saturated carbocycles. The molecule has 1 aliphatic rings. The molecule has 318 valence electrons. The topological polar surface area (TPSA) is 158 Å². The van der Waals surface area contributed by atoms with E-state index in [1.54, 1.807) is 30.9 Å². The van der Waals surface area contributed by atoms with Crippen molar-refractivity contribution in [3.8, 4) is 0 Å². The predicted octanol–water partition coefficient (Wildman–Crippen LogP) is 4.61. The normalized spacial score (nSPS) is 19.2. The largest absolute Gasteiger partial charge is 0.480 e. The van der Waals surface area contributed by atoms with Crippen molar-refractivity contribution in [3.63, 3.8) is 0 Å². The molecule has 1 heterocycles. The van der Waals surface area contributed by atoms with E-state index in [2.05, 4.69) is 31.4 Å². The number of benzene rings is 1. The molecule has 0 bridgehead atoms. The predicted molar refractivity (Wildman–Crippen MR) is 219 cm³/mol. The molecule has 3 N–H and O–H groups in total. The Morgan fingerprint density at radius 3 is 2.00 bits per heavy atom. The molecular formula is C43H73N5O8. The van der Waals surface area contributed by atoms with Crippen LogP contribution in [0.25, 0.3) is 0 Å². The zero-order valence-corrected chi connectivity index (χ0v) is 36.6. The van der Waals surface area contributed by atoms with E-state index in [1.807, 2.05) is 83.8 Å². The first-order valence-electron chi connectivity index (χ1n) is 20.3. The van der Waals surface area contributed by atoms with Crippen molar-refractivity contribution in [1.29, 1.82) is 0 Å². The second kappa shape index (κ2) is 21.8. The van der Waals surface area contributed by atoms with Gasteiger partial charge in [0.25, 0.3) is 0 Å². The molecule has 13 heteroatoms. The number of carboxylic acids is 1. The van der Waals surface area contributed by atoms with Crippen LogP contribution in [-0.4, -0.2) is 132 Å². The molecule has 9 atom stereocenters. The van der Waals surface area contributed by atoms with Crippen molar-refractivity contribution in [1.82, 2.24) is 25.3 Å². The van der Waals surface area contributed by atoms with Crippen LogP contribution < -0.4 is 10.6 Å². The highest BCUT2D eigenvalue weighted by atomic mass is 16.5. The fraction of sp³-hybridized carbons (Fsp3) is 0.744. The van der Waals surface area contributed by atoms with Gasteiger partial charge < -0.3 is 35.0 Å². The number of carbonyl (C=O) groups is 5. The van der Waals surface area contributed by atoms with E-state index in [4.69, 9.17) is 9.47 Å². The minimum atomic E-state index is -1.14. The average Bonchev–Trinajstić information content (AvgIpc) is 3.62. The van der Waals surface area contributed by atoms with Gasteiger partial charge in [0, 0.05) is 39.8 Å². The number of hydrogen-bond acceptors (Lipinski definition) is 8. The van der Waals surface area contributed by atoms with Gasteiger partial charge in [-0.05, 0) is 64.0 Å². The van der Waals surface area contributed by atoms with Gasteiger partial charge in [-0.3, -0.25) is 24.1 Å². The summed E-state index contributed by atoms with van der Waals surface area (Å²) in [6.45, 7) is 20.2. The number of carboxylic acid groups (broad SMARTS) is 1. The van der Waals surface area contributed by atoms with Gasteiger partial charge in [0.15, 0.2) is 0 Å². The smallest absolute Gasteiger partial charge is 0.326 e. The fourth-order valence-corrected chi connectivity index (χ4v) is 7.97. The van der Waals surface area contributed by atoms with Crippen LogP contribution in [0, 0.1) is 23.7 Å². The maximum atomic E-state index is 14.4. The zero-order valence-electron chi connectivity index (χ0n) is 36.6. The average molecular weight is 788 g/mol. The fourth-order valence-electron chi connectivity index (χ4n) is 7.97. The standard InChI is InChI=1S/C43H73N5O8/c1-15-28(6)37(46(11)41(52)35(26(2)3)45-40(51)36(27(4)5)47(12)43(8,9)10)33(55-13)25-34(49)48-23-19-22-32(48)38(56-14)29(7)39(50)44-31(42(53)54)24-30-20-17-16-18-21-30/h16-18,20-21,26-29,31-33,35-38H,15,19,22-25H2,1-14H3,(H,44,50)(H,45,51)(H,53,54)/t28-,29+,31-,32-,33+,35-,36-,37-,38+/m0/s1. The Morgan fingerprint density at radius 2 is 1.52 bits per heavy atom. The molecule has 0 aliphatic carbocycles. The highest BCUT2D eigenvalue weighted by Crippen LogP contribution is 2.30. The van der Waals surface area contributed by atoms with Gasteiger partial charge in [0.2, 0.25) is 23.6 Å². The van der Waals surface area contributed by atoms with E-state index >= 15 is 0 Å². The molecular weight excluding hydrogens is 714 g/mol. The number of nitrogens with one attached hydrogen (secondary N) is 2. The van der Waals surface area contributed by atoms with Crippen molar-refractivity contribution in [2.24, 2.45) is 23.7 Å². The summed E-state index contributed by atoms with van der Waals surface area (Å²) in [4.78, 5) is 73.6. The summed E-state index contributed by atoms with van der Waals surface area (Å²) < 4.78 is 11.9. The Labute approximate surface area is 336 Å². The van der Waals surface area contributed by atoms with Gasteiger partial charge >= 0.3 is 5.97 Å². The lowest BCUT2D eigenvalue weighted by molar-refractivity contribution is -0.148. The number of aliphatic carboxylic acids is 1. The van der Waals surface area contributed by atoms with Gasteiger partial charge in [-0.2, -0.15) is 0 Å². The van der Waals surface area contributed by atoms with Crippen molar-refractivity contribution in [2.45, 2.75) is 149 Å². The Kier molecular flexibility index (Phi) is 18.9. The molecule has 4 amide bonds. The molecule has 0 aromatic heterocycles. The molecule has 0 unspecified atom stereocenters. The molecule has 56 heavy (non-hydrogen) atoms. The summed E-state index contributed by atoms with van der Waals surface area (Å²) in [5, 5.41) is 15.7. The lowest BCUT2D eigenvalue weighted by atomic mass is 9.89. The second-order valence-electron chi connectivity index (χ2n) is 17.4. The van der Waals surface area contributed by atoms with Crippen molar-refractivity contribution in [3.05, 3.63) is 35.9 Å². The second-order valence-corrected chi connectivity index (χ2v) is 17.4. The third kappa shape index (κ3) is 12.7. The van der Waals surface area contributed by atoms with E-state index in [1.165, 1.54) is 7.11 Å². The summed E-state index contributed by atoms with van der Waals surface area (Å²) in [6, 6.07) is 5.82. The number of carbonyl (C=O) groups excluding carboxylic acids is 4. The number of rotatable bonds is 21. The van der Waals surface area contributed by atoms with E-state index in [0.29, 0.717) is 25.8 Å². The number of nitrogens with zero attached hydrogens (tertiary/aromatic N) is 3. The van der Waals surface area contributed by atoms with Gasteiger partial charge in [0.1, 0.15) is 12.1 Å². The molecule has 1 aliphatic heterocycles. The third-order valence-corrected chi connectivity index (χ3v) is 11.8. The van der Waals surface area contributed by atoms with Crippen LogP contribution in [0.4, 0.5) is 0 Å². The number of hydrogen-bond donors (Lipinski definition) is 3. The van der Waals surface area contributed by atoms with Gasteiger partial charge in [-0.15, -0.1) is 0 Å². The number of methoxy groups -OCH3 is 2. The van der Waals surface area contributed by atoms with Crippen molar-refractivity contribution in [2.75, 3.05) is 34.9 Å². The number of amides is 4. The number of likely N-dealkylation sites (N-methyl/N-ethyl adjacent to an activating group) is 2. The van der Waals surface area contributed by atoms with Crippen LogP contribution in [0.1, 0.15) is 100 Å². The first-order valence-corrected chi connectivity index (χ1v) is 20.3. The van der Waals surface area contributed by atoms with Crippen LogP contribution >= 0.6 is 0 Å². The highest BCUT2D eigenvalue weighted by molar-refractivity contribution is 5.90. The minimum absolute atomic E-state index is 0.00222. The summed E-state index contributed by atoms with van der Waals surface area (Å²) in [5.74, 6) is -3.26. The molecule has 0 spiro atoms. The monoisotopic (exact) mass is 788 g/mol. The molecule has 1 fully saturated rings. The molecule has 1 aromatic rings.